The SMILES string of the molecule is Cl.O=C(Cc1ccccc1)NC1CC(n2cnc3c(Nc4ccc(N5CCN(C6CC7(CCN(CC8CNC8)CC7)C6)CC5)cc4)ncnc32)C1. The van der Waals surface area contributed by atoms with Gasteiger partial charge in [-0.2, -0.15) is 0 Å². The Morgan fingerprint density at radius 3 is 2.31 bits per heavy atom. The van der Waals surface area contributed by atoms with Crippen LogP contribution in [-0.2, 0) is 11.2 Å². The van der Waals surface area contributed by atoms with Crippen LogP contribution in [-0.4, -0.2) is 106 Å². The topological polar surface area (TPSA) is 106 Å². The van der Waals surface area contributed by atoms with Crippen LogP contribution in [0.4, 0.5) is 17.2 Å². The zero-order valence-electron chi connectivity index (χ0n) is 29.4. The lowest BCUT2D eigenvalue weighted by atomic mass is 9.60. The molecule has 2 aromatic heterocycles. The number of aromatic nitrogens is 4. The van der Waals surface area contributed by atoms with Crippen LogP contribution < -0.4 is 20.9 Å². The van der Waals surface area contributed by atoms with E-state index in [2.05, 4.69) is 69.5 Å². The summed E-state index contributed by atoms with van der Waals surface area (Å²) in [6, 6.07) is 19.8. The standard InChI is InChI=1S/C39H50N10O.ClH/c50-35(18-28-4-2-1-3-5-28)44-31-19-33(20-31)49-27-43-36-37(41-26-42-38(36)49)45-30-6-8-32(9-7-30)47-14-16-48(17-15-47)34-21-39(22-34)10-12-46(13-11-39)25-29-23-40-24-29;/h1-9,26-27,29,31,33-34,40H,10-25H2,(H,44,50)(H,41,42,45);1H. The van der Waals surface area contributed by atoms with Gasteiger partial charge in [0.1, 0.15) is 6.33 Å². The second-order valence-electron chi connectivity index (χ2n) is 15.7. The number of likely N-dealkylation sites (tertiary alicyclic amines) is 1. The van der Waals surface area contributed by atoms with Crippen molar-refractivity contribution in [3.63, 3.8) is 0 Å². The number of piperazine rings is 1. The van der Waals surface area contributed by atoms with E-state index in [1.54, 1.807) is 6.33 Å². The summed E-state index contributed by atoms with van der Waals surface area (Å²) in [5.41, 5.74) is 5.52. The van der Waals surface area contributed by atoms with Crippen molar-refractivity contribution in [1.82, 2.24) is 40.0 Å². The normalized spacial score (nSPS) is 24.0. The number of nitrogens with zero attached hydrogens (tertiary/aromatic N) is 7. The minimum Gasteiger partial charge on any atom is -0.369 e. The molecule has 0 unspecified atom stereocenters. The van der Waals surface area contributed by atoms with Crippen LogP contribution in [0.1, 0.15) is 50.1 Å². The number of amides is 1. The second kappa shape index (κ2) is 14.7. The van der Waals surface area contributed by atoms with Crippen LogP contribution in [0.5, 0.6) is 0 Å². The number of rotatable bonds is 10. The van der Waals surface area contributed by atoms with Crippen LogP contribution in [0.2, 0.25) is 0 Å². The zero-order chi connectivity index (χ0) is 33.5. The Balaban J connectivity index is 0.00000374. The van der Waals surface area contributed by atoms with Gasteiger partial charge in [0.15, 0.2) is 17.0 Å². The van der Waals surface area contributed by atoms with Crippen molar-refractivity contribution in [2.75, 3.05) is 69.1 Å². The average molecular weight is 711 g/mol. The molecule has 5 heterocycles. The maximum Gasteiger partial charge on any atom is 0.224 e. The number of anilines is 3. The highest BCUT2D eigenvalue weighted by atomic mass is 35.5. The van der Waals surface area contributed by atoms with E-state index in [0.29, 0.717) is 17.7 Å². The Morgan fingerprint density at radius 2 is 1.61 bits per heavy atom. The van der Waals surface area contributed by atoms with Gasteiger partial charge in [-0.05, 0) is 92.8 Å². The summed E-state index contributed by atoms with van der Waals surface area (Å²) < 4.78 is 2.13. The summed E-state index contributed by atoms with van der Waals surface area (Å²) in [7, 11) is 0. The van der Waals surface area contributed by atoms with E-state index < -0.39 is 0 Å². The summed E-state index contributed by atoms with van der Waals surface area (Å²) in [5, 5.41) is 10.1. The van der Waals surface area contributed by atoms with Crippen molar-refractivity contribution in [1.29, 1.82) is 0 Å². The van der Waals surface area contributed by atoms with Crippen LogP contribution in [0.3, 0.4) is 0 Å². The first-order valence-electron chi connectivity index (χ1n) is 18.9. The zero-order valence-corrected chi connectivity index (χ0v) is 30.2. The number of piperidine rings is 1. The first-order chi connectivity index (χ1) is 24.6. The number of nitrogens with one attached hydrogen (secondary N) is 3. The van der Waals surface area contributed by atoms with Gasteiger partial charge in [0.25, 0.3) is 0 Å². The number of carbonyl (C=O) groups excluding carboxylic acids is 1. The van der Waals surface area contributed by atoms with Crippen LogP contribution in [0.15, 0.2) is 67.3 Å². The van der Waals surface area contributed by atoms with Gasteiger partial charge in [-0.15, -0.1) is 12.4 Å². The predicted molar refractivity (Wildman–Crippen MR) is 204 cm³/mol. The molecule has 2 saturated carbocycles. The number of imidazole rings is 1. The highest BCUT2D eigenvalue weighted by molar-refractivity contribution is 5.86. The fourth-order valence-corrected chi connectivity index (χ4v) is 9.10. The van der Waals surface area contributed by atoms with E-state index in [-0.39, 0.29) is 30.4 Å². The molecule has 51 heavy (non-hydrogen) atoms. The van der Waals surface area contributed by atoms with Crippen molar-refractivity contribution >= 4 is 46.7 Å². The number of halogens is 1. The second-order valence-corrected chi connectivity index (χ2v) is 15.7. The maximum absolute atomic E-state index is 12.5. The van der Waals surface area contributed by atoms with Crippen LogP contribution in [0, 0.1) is 11.3 Å². The van der Waals surface area contributed by atoms with Crippen molar-refractivity contribution in [3.05, 3.63) is 72.8 Å². The van der Waals surface area contributed by atoms with Gasteiger partial charge >= 0.3 is 0 Å². The van der Waals surface area contributed by atoms with Gasteiger partial charge in [-0.25, -0.2) is 15.0 Å². The molecule has 11 nitrogen and oxygen atoms in total. The van der Waals surface area contributed by atoms with Crippen molar-refractivity contribution < 1.29 is 4.79 Å². The highest BCUT2D eigenvalue weighted by Crippen LogP contribution is 2.51. The summed E-state index contributed by atoms with van der Waals surface area (Å²) in [6.45, 7) is 10.9. The third-order valence-corrected chi connectivity index (χ3v) is 12.4. The molecular formula is C39H51ClN10O. The molecule has 3 aliphatic heterocycles. The van der Waals surface area contributed by atoms with Gasteiger partial charge in [-0.1, -0.05) is 30.3 Å². The van der Waals surface area contributed by atoms with Crippen LogP contribution >= 0.6 is 12.4 Å². The Hall–Kier alpha value is -3.77. The molecule has 12 heteroatoms. The van der Waals surface area contributed by atoms with Gasteiger partial charge < -0.3 is 30.3 Å². The molecule has 0 bridgehead atoms. The Labute approximate surface area is 307 Å². The van der Waals surface area contributed by atoms with E-state index in [9.17, 15) is 4.79 Å². The number of benzene rings is 2. The Morgan fingerprint density at radius 1 is 0.863 bits per heavy atom. The van der Waals surface area contributed by atoms with Crippen molar-refractivity contribution in [2.45, 2.75) is 63.1 Å². The lowest BCUT2D eigenvalue weighted by molar-refractivity contribution is -0.121. The summed E-state index contributed by atoms with van der Waals surface area (Å²) in [4.78, 5) is 34.4. The molecule has 1 amide bonds. The fourth-order valence-electron chi connectivity index (χ4n) is 9.10. The molecule has 5 aliphatic rings. The summed E-state index contributed by atoms with van der Waals surface area (Å²) in [6.07, 6.45) is 11.3. The predicted octanol–water partition coefficient (Wildman–Crippen LogP) is 4.64. The number of hydrogen-bond donors (Lipinski definition) is 3. The average Bonchev–Trinajstić information content (AvgIpc) is 3.53. The molecule has 1 spiro atoms. The van der Waals surface area contributed by atoms with E-state index in [4.69, 9.17) is 4.98 Å². The van der Waals surface area contributed by atoms with E-state index in [0.717, 1.165) is 73.4 Å². The van der Waals surface area contributed by atoms with Crippen molar-refractivity contribution in [3.8, 4) is 0 Å². The molecule has 2 aliphatic carbocycles. The fraction of sp³-hybridized carbons (Fsp3) is 0.538. The molecule has 3 saturated heterocycles. The van der Waals surface area contributed by atoms with E-state index >= 15 is 0 Å². The van der Waals surface area contributed by atoms with Gasteiger partial charge in [-0.3, -0.25) is 9.69 Å². The third-order valence-electron chi connectivity index (χ3n) is 12.4. The minimum absolute atomic E-state index is 0. The quantitative estimate of drug-likeness (QED) is 0.217. The minimum atomic E-state index is 0. The molecule has 4 aromatic rings. The lowest BCUT2D eigenvalue weighted by Crippen LogP contribution is -2.59. The Bertz CT molecular complexity index is 1770. The summed E-state index contributed by atoms with van der Waals surface area (Å²) >= 11 is 0. The highest BCUT2D eigenvalue weighted by Gasteiger charge is 2.48. The van der Waals surface area contributed by atoms with Crippen LogP contribution in [0.25, 0.3) is 11.2 Å². The van der Waals surface area contributed by atoms with Gasteiger partial charge in [0, 0.05) is 75.3 Å². The molecule has 270 valence electrons. The molecule has 3 N–H and O–H groups in total. The lowest BCUT2D eigenvalue weighted by Gasteiger charge is -2.56. The molecule has 0 radical (unpaired) electrons. The summed E-state index contributed by atoms with van der Waals surface area (Å²) in [5.74, 6) is 1.67. The molecule has 9 rings (SSSR count). The number of carbonyl (C=O) groups is 1. The molecule has 2 aromatic carbocycles. The first kappa shape index (κ1) is 34.3. The van der Waals surface area contributed by atoms with Gasteiger partial charge in [0.2, 0.25) is 5.91 Å². The van der Waals surface area contributed by atoms with Crippen molar-refractivity contribution in [2.24, 2.45) is 11.3 Å². The van der Waals surface area contributed by atoms with E-state index in [1.165, 1.54) is 64.1 Å². The largest absolute Gasteiger partial charge is 0.369 e. The smallest absolute Gasteiger partial charge is 0.224 e. The monoisotopic (exact) mass is 710 g/mol. The number of hydrogen-bond acceptors (Lipinski definition) is 9. The Kier molecular flexibility index (Phi) is 9.89. The first-order valence-corrected chi connectivity index (χ1v) is 18.9. The van der Waals surface area contributed by atoms with E-state index in [1.807, 2.05) is 36.7 Å². The maximum atomic E-state index is 12.5. The molecule has 5 fully saturated rings. The van der Waals surface area contributed by atoms with Gasteiger partial charge in [0.05, 0.1) is 12.7 Å². The third kappa shape index (κ3) is 7.31. The number of fused-ring (bicyclic) bond motifs is 1. The molecule has 0 atom stereocenters. The molecular weight excluding hydrogens is 660 g/mol.